The van der Waals surface area contributed by atoms with Crippen LogP contribution in [0.2, 0.25) is 0 Å². The minimum Gasteiger partial charge on any atom is -0.379 e. The van der Waals surface area contributed by atoms with Crippen LogP contribution in [0.3, 0.4) is 0 Å². The van der Waals surface area contributed by atoms with Gasteiger partial charge in [0.25, 0.3) is 5.56 Å². The molecule has 2 aliphatic rings. The maximum atomic E-state index is 13.3. The number of amides is 2. The summed E-state index contributed by atoms with van der Waals surface area (Å²) in [5, 5.41) is 6.17. The third kappa shape index (κ3) is 4.96. The van der Waals surface area contributed by atoms with Crippen LogP contribution >= 0.6 is 0 Å². The van der Waals surface area contributed by atoms with Crippen molar-refractivity contribution < 1.29 is 14.3 Å². The number of rotatable bonds is 6. The van der Waals surface area contributed by atoms with Gasteiger partial charge in [-0.1, -0.05) is 30.3 Å². The number of benzene rings is 2. The first-order chi connectivity index (χ1) is 17.0. The van der Waals surface area contributed by atoms with E-state index in [1.807, 2.05) is 12.1 Å². The van der Waals surface area contributed by atoms with Gasteiger partial charge in [0.2, 0.25) is 11.8 Å². The van der Waals surface area contributed by atoms with Crippen molar-refractivity contribution in [3.05, 3.63) is 69.8 Å². The highest BCUT2D eigenvalue weighted by Crippen LogP contribution is 2.24. The van der Waals surface area contributed by atoms with Gasteiger partial charge in [-0.15, -0.1) is 0 Å². The topological polar surface area (TPSA) is 106 Å². The third-order valence-electron chi connectivity index (χ3n) is 6.65. The maximum Gasteiger partial charge on any atom is 0.262 e. The van der Waals surface area contributed by atoms with E-state index in [9.17, 15) is 14.4 Å². The normalized spacial score (nSPS) is 19.1. The van der Waals surface area contributed by atoms with Crippen molar-refractivity contribution in [1.29, 1.82) is 0 Å². The summed E-state index contributed by atoms with van der Waals surface area (Å²) in [6, 6.07) is 13.2. The zero-order valence-corrected chi connectivity index (χ0v) is 19.8. The van der Waals surface area contributed by atoms with Gasteiger partial charge in [-0.25, -0.2) is 4.98 Å². The molecular formula is C26H29N5O4. The summed E-state index contributed by atoms with van der Waals surface area (Å²) in [4.78, 5) is 44.3. The molecule has 1 atom stereocenters. The first kappa shape index (κ1) is 23.2. The van der Waals surface area contributed by atoms with E-state index < -0.39 is 11.9 Å². The zero-order valence-electron chi connectivity index (χ0n) is 19.8. The average Bonchev–Trinajstić information content (AvgIpc) is 2.86. The highest BCUT2D eigenvalue weighted by atomic mass is 16.5. The molecule has 2 amide bonds. The number of hydrogen-bond donors (Lipinski definition) is 2. The Hall–Kier alpha value is -3.56. The molecule has 0 bridgehead atoms. The van der Waals surface area contributed by atoms with Crippen LogP contribution in [-0.4, -0.2) is 52.6 Å². The highest BCUT2D eigenvalue weighted by Gasteiger charge is 2.30. The number of imide groups is 1. The van der Waals surface area contributed by atoms with E-state index in [0.717, 1.165) is 44.1 Å². The molecule has 0 saturated carbocycles. The van der Waals surface area contributed by atoms with Crippen molar-refractivity contribution in [3.8, 4) is 0 Å². The number of piperidine rings is 1. The number of aromatic nitrogens is 2. The molecule has 3 aromatic rings. The Labute approximate surface area is 203 Å². The number of carbonyl (C=O) groups excluding carboxylic acids is 2. The molecule has 182 valence electrons. The van der Waals surface area contributed by atoms with Gasteiger partial charge >= 0.3 is 0 Å². The van der Waals surface area contributed by atoms with E-state index in [2.05, 4.69) is 44.8 Å². The van der Waals surface area contributed by atoms with Crippen molar-refractivity contribution in [2.24, 2.45) is 0 Å². The number of fused-ring (bicyclic) bond motifs is 1. The second kappa shape index (κ2) is 9.97. The number of hydrogen-bond acceptors (Lipinski definition) is 7. The Balaban J connectivity index is 1.33. The molecular weight excluding hydrogens is 446 g/mol. The summed E-state index contributed by atoms with van der Waals surface area (Å²) < 4.78 is 6.82. The predicted octanol–water partition coefficient (Wildman–Crippen LogP) is 2.13. The molecule has 0 aliphatic carbocycles. The Morgan fingerprint density at radius 1 is 1.06 bits per heavy atom. The van der Waals surface area contributed by atoms with Gasteiger partial charge in [-0.2, -0.15) is 0 Å². The third-order valence-corrected chi connectivity index (χ3v) is 6.65. The Morgan fingerprint density at radius 2 is 1.80 bits per heavy atom. The van der Waals surface area contributed by atoms with Gasteiger partial charge in [0.15, 0.2) is 0 Å². The van der Waals surface area contributed by atoms with E-state index in [1.165, 1.54) is 10.1 Å². The van der Waals surface area contributed by atoms with Gasteiger partial charge in [0.1, 0.15) is 17.4 Å². The van der Waals surface area contributed by atoms with E-state index >= 15 is 0 Å². The lowest BCUT2D eigenvalue weighted by molar-refractivity contribution is -0.135. The Kier molecular flexibility index (Phi) is 6.61. The monoisotopic (exact) mass is 475 g/mol. The number of nitrogens with zero attached hydrogens (tertiary/aromatic N) is 3. The standard InChI is InChI=1S/C26H29N5O4/c1-17-28-24-20(26(34)31(17)22-9-10-23(32)29-25(22)33)3-2-4-21(24)27-15-18-5-7-19(8-6-18)16-30-11-13-35-14-12-30/h2-8,22,27H,9-16H2,1H3,(H,29,32,33). The lowest BCUT2D eigenvalue weighted by Crippen LogP contribution is -2.45. The zero-order chi connectivity index (χ0) is 24.4. The van der Waals surface area contributed by atoms with Crippen molar-refractivity contribution in [1.82, 2.24) is 19.8 Å². The van der Waals surface area contributed by atoms with Crippen LogP contribution in [0.5, 0.6) is 0 Å². The number of carbonyl (C=O) groups is 2. The van der Waals surface area contributed by atoms with Gasteiger partial charge in [-0.3, -0.25) is 29.2 Å². The molecule has 0 radical (unpaired) electrons. The molecule has 2 saturated heterocycles. The van der Waals surface area contributed by atoms with Crippen LogP contribution in [0, 0.1) is 6.92 Å². The van der Waals surface area contributed by atoms with Gasteiger partial charge in [0.05, 0.1) is 24.3 Å². The average molecular weight is 476 g/mol. The molecule has 5 rings (SSSR count). The van der Waals surface area contributed by atoms with E-state index in [1.54, 1.807) is 13.0 Å². The van der Waals surface area contributed by atoms with Crippen molar-refractivity contribution in [2.45, 2.75) is 38.9 Å². The number of nitrogens with one attached hydrogen (secondary N) is 2. The summed E-state index contributed by atoms with van der Waals surface area (Å²) >= 11 is 0. The molecule has 9 heteroatoms. The summed E-state index contributed by atoms with van der Waals surface area (Å²) in [5.41, 5.74) is 3.45. The quantitative estimate of drug-likeness (QED) is 0.526. The number of para-hydroxylation sites is 1. The molecule has 2 aliphatic heterocycles. The summed E-state index contributed by atoms with van der Waals surface area (Å²) in [5.74, 6) is -0.330. The SMILES string of the molecule is Cc1nc2c(NCc3ccc(CN4CCOCC4)cc3)cccc2c(=O)n1C1CCC(=O)NC1=O. The molecule has 0 spiro atoms. The minimum atomic E-state index is -0.732. The second-order valence-corrected chi connectivity index (χ2v) is 9.06. The van der Waals surface area contributed by atoms with Crippen LogP contribution in [0.15, 0.2) is 47.3 Å². The predicted molar refractivity (Wildman–Crippen MR) is 132 cm³/mol. The first-order valence-corrected chi connectivity index (χ1v) is 12.0. The van der Waals surface area contributed by atoms with Crippen LogP contribution < -0.4 is 16.2 Å². The largest absolute Gasteiger partial charge is 0.379 e. The van der Waals surface area contributed by atoms with Crippen molar-refractivity contribution >= 4 is 28.4 Å². The summed E-state index contributed by atoms with van der Waals surface area (Å²) in [6.45, 7) is 6.73. The number of morpholine rings is 1. The summed E-state index contributed by atoms with van der Waals surface area (Å²) in [7, 11) is 0. The lowest BCUT2D eigenvalue weighted by atomic mass is 10.1. The first-order valence-electron chi connectivity index (χ1n) is 12.0. The van der Waals surface area contributed by atoms with Crippen LogP contribution in [0.4, 0.5) is 5.69 Å². The summed E-state index contributed by atoms with van der Waals surface area (Å²) in [6.07, 6.45) is 0.491. The van der Waals surface area contributed by atoms with Gasteiger partial charge in [0, 0.05) is 32.6 Å². The molecule has 2 N–H and O–H groups in total. The smallest absolute Gasteiger partial charge is 0.262 e. The van der Waals surface area contributed by atoms with Crippen molar-refractivity contribution in [3.63, 3.8) is 0 Å². The minimum absolute atomic E-state index is 0.202. The van der Waals surface area contributed by atoms with E-state index in [0.29, 0.717) is 23.3 Å². The van der Waals surface area contributed by atoms with Crippen molar-refractivity contribution in [2.75, 3.05) is 31.6 Å². The van der Waals surface area contributed by atoms with Gasteiger partial charge in [-0.05, 0) is 36.6 Å². The van der Waals surface area contributed by atoms with Crippen LogP contribution in [-0.2, 0) is 27.4 Å². The number of anilines is 1. The fourth-order valence-electron chi connectivity index (χ4n) is 4.74. The van der Waals surface area contributed by atoms with Crippen LogP contribution in [0.25, 0.3) is 10.9 Å². The molecule has 35 heavy (non-hydrogen) atoms. The lowest BCUT2D eigenvalue weighted by Gasteiger charge is -2.26. The number of ether oxygens (including phenoxy) is 1. The molecule has 3 heterocycles. The molecule has 9 nitrogen and oxygen atoms in total. The fourth-order valence-corrected chi connectivity index (χ4v) is 4.74. The fraction of sp³-hybridized carbons (Fsp3) is 0.385. The molecule has 1 unspecified atom stereocenters. The Morgan fingerprint density at radius 3 is 2.54 bits per heavy atom. The number of aryl methyl sites for hydroxylation is 1. The van der Waals surface area contributed by atoms with Gasteiger partial charge < -0.3 is 10.1 Å². The molecule has 2 aromatic carbocycles. The Bertz CT molecular complexity index is 1310. The van der Waals surface area contributed by atoms with E-state index in [4.69, 9.17) is 4.74 Å². The highest BCUT2D eigenvalue weighted by molar-refractivity contribution is 5.99. The van der Waals surface area contributed by atoms with E-state index in [-0.39, 0.29) is 24.3 Å². The molecule has 1 aromatic heterocycles. The second-order valence-electron chi connectivity index (χ2n) is 9.06. The maximum absolute atomic E-state index is 13.3. The van der Waals surface area contributed by atoms with Crippen LogP contribution in [0.1, 0.15) is 35.8 Å². The molecule has 2 fully saturated rings.